The van der Waals surface area contributed by atoms with Gasteiger partial charge in [-0.05, 0) is 23.6 Å². The number of benzene rings is 3. The number of carbonyl (C=O) groups excluding carboxylic acids is 1. The molecule has 5 nitrogen and oxygen atoms in total. The largest absolute Gasteiger partial charge is 0.418 e. The molecule has 4 rings (SSSR count). The maximum atomic E-state index is 13.1. The molecule has 0 aliphatic rings. The Kier molecular flexibility index (Phi) is 3.35. The molecule has 0 fully saturated rings. The van der Waals surface area contributed by atoms with Crippen molar-refractivity contribution < 1.29 is 18.4 Å². The van der Waals surface area contributed by atoms with Crippen LogP contribution in [0.25, 0.3) is 21.7 Å². The number of fused-ring (bicyclic) bond motifs is 2. The first kappa shape index (κ1) is 14.2. The molecule has 0 bridgehead atoms. The lowest BCUT2D eigenvalue weighted by molar-refractivity contribution is 0.215. The van der Waals surface area contributed by atoms with Gasteiger partial charge in [0.2, 0.25) is 0 Å². The lowest BCUT2D eigenvalue weighted by atomic mass is 10.1. The molecule has 6 heteroatoms. The number of rotatable bonds is 2. The first-order valence-electron chi connectivity index (χ1n) is 7.22. The van der Waals surface area contributed by atoms with Crippen molar-refractivity contribution in [3.8, 4) is 5.75 Å². The summed E-state index contributed by atoms with van der Waals surface area (Å²) in [4.78, 5) is 12.1. The Hall–Kier alpha value is -3.41. The van der Waals surface area contributed by atoms with Crippen LogP contribution in [0.3, 0.4) is 0 Å². The third-order valence-corrected chi connectivity index (χ3v) is 3.61. The van der Waals surface area contributed by atoms with Gasteiger partial charge in [-0.1, -0.05) is 41.6 Å². The topological polar surface area (TPSA) is 64.4 Å². The molecule has 24 heavy (non-hydrogen) atoms. The van der Waals surface area contributed by atoms with Crippen molar-refractivity contribution in [3.63, 3.8) is 0 Å². The number of anilines is 1. The Bertz CT molecular complexity index is 1050. The predicted molar refractivity (Wildman–Crippen MR) is 87.6 cm³/mol. The van der Waals surface area contributed by atoms with E-state index in [-0.39, 0.29) is 11.4 Å². The molecule has 0 radical (unpaired) electrons. The molecule has 0 saturated carbocycles. The summed E-state index contributed by atoms with van der Waals surface area (Å²) >= 11 is 0. The number of halogens is 1. The van der Waals surface area contributed by atoms with Gasteiger partial charge >= 0.3 is 6.09 Å². The number of ether oxygens (including phenoxy) is 1. The molecule has 0 unspecified atom stereocenters. The molecule has 4 aromatic rings. The Morgan fingerprint density at radius 1 is 1.04 bits per heavy atom. The molecule has 1 amide bonds. The molecule has 1 N–H and O–H groups in total. The highest BCUT2D eigenvalue weighted by Crippen LogP contribution is 2.27. The standard InChI is InChI=1S/C18H11FN2O3/c19-12-8-9-14-16(10-12)24-21-17(14)20-18(22)23-15-7-3-5-11-4-1-2-6-13(11)15/h1-10H,(H,20,21,22). The lowest BCUT2D eigenvalue weighted by Gasteiger charge is -2.07. The van der Waals surface area contributed by atoms with Gasteiger partial charge in [-0.25, -0.2) is 9.18 Å². The van der Waals surface area contributed by atoms with Gasteiger partial charge in [0.25, 0.3) is 0 Å². The van der Waals surface area contributed by atoms with E-state index in [0.29, 0.717) is 11.1 Å². The minimum Gasteiger partial charge on any atom is -0.409 e. The number of hydrogen-bond acceptors (Lipinski definition) is 4. The third-order valence-electron chi connectivity index (χ3n) is 3.61. The second-order valence-electron chi connectivity index (χ2n) is 5.16. The zero-order valence-corrected chi connectivity index (χ0v) is 12.3. The van der Waals surface area contributed by atoms with Gasteiger partial charge in [-0.15, -0.1) is 0 Å². The molecular weight excluding hydrogens is 311 g/mol. The summed E-state index contributed by atoms with van der Waals surface area (Å²) in [6, 6.07) is 17.0. The van der Waals surface area contributed by atoms with E-state index < -0.39 is 11.9 Å². The SMILES string of the molecule is O=C(Nc1noc2cc(F)ccc12)Oc1cccc2ccccc12. The van der Waals surface area contributed by atoms with Crippen LogP contribution in [0, 0.1) is 5.82 Å². The van der Waals surface area contributed by atoms with Crippen molar-refractivity contribution in [2.75, 3.05) is 5.32 Å². The average Bonchev–Trinajstić information content (AvgIpc) is 2.97. The van der Waals surface area contributed by atoms with E-state index in [1.54, 1.807) is 12.1 Å². The molecule has 0 saturated heterocycles. The van der Waals surface area contributed by atoms with Crippen LogP contribution in [0.1, 0.15) is 0 Å². The highest BCUT2D eigenvalue weighted by Gasteiger charge is 2.14. The minimum atomic E-state index is -0.703. The van der Waals surface area contributed by atoms with Crippen LogP contribution < -0.4 is 10.1 Å². The lowest BCUT2D eigenvalue weighted by Crippen LogP contribution is -2.17. The molecule has 1 heterocycles. The molecule has 0 spiro atoms. The summed E-state index contributed by atoms with van der Waals surface area (Å²) in [6.45, 7) is 0. The van der Waals surface area contributed by atoms with E-state index in [1.807, 2.05) is 30.3 Å². The van der Waals surface area contributed by atoms with E-state index in [2.05, 4.69) is 10.5 Å². The zero-order chi connectivity index (χ0) is 16.5. The number of carbonyl (C=O) groups is 1. The summed E-state index contributed by atoms with van der Waals surface area (Å²) in [7, 11) is 0. The fourth-order valence-electron chi connectivity index (χ4n) is 2.51. The van der Waals surface area contributed by atoms with Crippen LogP contribution in [-0.2, 0) is 0 Å². The molecule has 3 aromatic carbocycles. The van der Waals surface area contributed by atoms with Crippen LogP contribution in [0.4, 0.5) is 15.0 Å². The van der Waals surface area contributed by atoms with Gasteiger partial charge in [0.05, 0.1) is 5.39 Å². The number of nitrogens with one attached hydrogen (secondary N) is 1. The van der Waals surface area contributed by atoms with Crippen molar-refractivity contribution in [3.05, 3.63) is 66.5 Å². The number of amides is 1. The minimum absolute atomic E-state index is 0.176. The third kappa shape index (κ3) is 2.54. The highest BCUT2D eigenvalue weighted by atomic mass is 19.1. The number of aromatic nitrogens is 1. The van der Waals surface area contributed by atoms with Crippen molar-refractivity contribution in [1.29, 1.82) is 0 Å². The Morgan fingerprint density at radius 2 is 1.88 bits per heavy atom. The molecular formula is C18H11FN2O3. The molecule has 0 aliphatic heterocycles. The first-order chi connectivity index (χ1) is 11.7. The Labute approximate surface area is 135 Å². The predicted octanol–water partition coefficient (Wildman–Crippen LogP) is 4.73. The van der Waals surface area contributed by atoms with Crippen LogP contribution >= 0.6 is 0 Å². The second-order valence-corrected chi connectivity index (χ2v) is 5.16. The van der Waals surface area contributed by atoms with Crippen LogP contribution in [0.15, 0.2) is 65.2 Å². The first-order valence-corrected chi connectivity index (χ1v) is 7.22. The van der Waals surface area contributed by atoms with Crippen molar-refractivity contribution in [1.82, 2.24) is 5.16 Å². The Morgan fingerprint density at radius 3 is 2.79 bits per heavy atom. The smallest absolute Gasteiger partial charge is 0.409 e. The molecule has 0 atom stereocenters. The fraction of sp³-hybridized carbons (Fsp3) is 0. The summed E-state index contributed by atoms with van der Waals surface area (Å²) < 4.78 is 23.5. The van der Waals surface area contributed by atoms with Crippen LogP contribution in [0.2, 0.25) is 0 Å². The average molecular weight is 322 g/mol. The van der Waals surface area contributed by atoms with Crippen LogP contribution in [-0.4, -0.2) is 11.2 Å². The van der Waals surface area contributed by atoms with Gasteiger partial charge in [0.15, 0.2) is 11.4 Å². The van der Waals surface area contributed by atoms with Gasteiger partial charge < -0.3 is 9.26 Å². The van der Waals surface area contributed by atoms with Crippen molar-refractivity contribution >= 4 is 33.7 Å². The van der Waals surface area contributed by atoms with Crippen LogP contribution in [0.5, 0.6) is 5.75 Å². The maximum Gasteiger partial charge on any atom is 0.418 e. The highest BCUT2D eigenvalue weighted by molar-refractivity contribution is 5.98. The normalized spacial score (nSPS) is 10.9. The van der Waals surface area contributed by atoms with E-state index in [1.165, 1.54) is 18.2 Å². The summed E-state index contributed by atoms with van der Waals surface area (Å²) in [5.41, 5.74) is 0.246. The van der Waals surface area contributed by atoms with Crippen molar-refractivity contribution in [2.24, 2.45) is 0 Å². The summed E-state index contributed by atoms with van der Waals surface area (Å²) in [5, 5.41) is 8.51. The number of hydrogen-bond donors (Lipinski definition) is 1. The van der Waals surface area contributed by atoms with Gasteiger partial charge in [-0.3, -0.25) is 5.32 Å². The summed E-state index contributed by atoms with van der Waals surface area (Å²) in [6.07, 6.45) is -0.703. The quantitative estimate of drug-likeness (QED) is 0.579. The molecule has 1 aromatic heterocycles. The van der Waals surface area contributed by atoms with Gasteiger partial charge in [-0.2, -0.15) is 0 Å². The second kappa shape index (κ2) is 5.66. The zero-order valence-electron chi connectivity index (χ0n) is 12.3. The van der Waals surface area contributed by atoms with E-state index in [0.717, 1.165) is 10.8 Å². The fourth-order valence-corrected chi connectivity index (χ4v) is 2.51. The monoisotopic (exact) mass is 322 g/mol. The van der Waals surface area contributed by atoms with Crippen molar-refractivity contribution in [2.45, 2.75) is 0 Å². The van der Waals surface area contributed by atoms with Gasteiger partial charge in [0.1, 0.15) is 11.6 Å². The molecule has 0 aliphatic carbocycles. The summed E-state index contributed by atoms with van der Waals surface area (Å²) in [5.74, 6) is 0.170. The Balaban J connectivity index is 1.60. The van der Waals surface area contributed by atoms with Gasteiger partial charge in [0, 0.05) is 11.5 Å². The maximum absolute atomic E-state index is 13.1. The molecule has 118 valence electrons. The van der Waals surface area contributed by atoms with E-state index >= 15 is 0 Å². The van der Waals surface area contributed by atoms with E-state index in [4.69, 9.17) is 9.26 Å². The van der Waals surface area contributed by atoms with E-state index in [9.17, 15) is 9.18 Å². The number of nitrogens with zero attached hydrogens (tertiary/aromatic N) is 1.